The van der Waals surface area contributed by atoms with Crippen LogP contribution in [0.5, 0.6) is 0 Å². The second-order valence-electron chi connectivity index (χ2n) is 5.06. The molecule has 0 aromatic heterocycles. The lowest BCUT2D eigenvalue weighted by Gasteiger charge is -2.20. The van der Waals surface area contributed by atoms with Crippen molar-refractivity contribution in [3.8, 4) is 0 Å². The summed E-state index contributed by atoms with van der Waals surface area (Å²) in [5.41, 5.74) is 0. The van der Waals surface area contributed by atoms with Gasteiger partial charge in [-0.15, -0.1) is 0 Å². The van der Waals surface area contributed by atoms with Gasteiger partial charge in [-0.25, -0.2) is 8.42 Å². The molecule has 0 bridgehead atoms. The summed E-state index contributed by atoms with van der Waals surface area (Å²) in [7, 11) is -2.85. The predicted molar refractivity (Wildman–Crippen MR) is 68.3 cm³/mol. The van der Waals surface area contributed by atoms with Gasteiger partial charge in [-0.05, 0) is 45.6 Å². The molecular formula is C12H25NO2S. The topological polar surface area (TPSA) is 46.2 Å². The minimum atomic E-state index is -2.85. The quantitative estimate of drug-likeness (QED) is 0.780. The third kappa shape index (κ3) is 3.74. The highest BCUT2D eigenvalue weighted by Crippen LogP contribution is 2.29. The minimum Gasteiger partial charge on any atom is -0.314 e. The highest BCUT2D eigenvalue weighted by atomic mass is 32.2. The molecule has 2 unspecified atom stereocenters. The average molecular weight is 247 g/mol. The fraction of sp³-hybridized carbons (Fsp3) is 1.00. The van der Waals surface area contributed by atoms with Gasteiger partial charge in [0, 0.05) is 6.04 Å². The average Bonchev–Trinajstić information content (AvgIpc) is 2.63. The van der Waals surface area contributed by atoms with Crippen molar-refractivity contribution in [2.75, 3.05) is 12.3 Å². The fourth-order valence-electron chi connectivity index (χ4n) is 2.46. The van der Waals surface area contributed by atoms with Crippen molar-refractivity contribution in [1.82, 2.24) is 5.32 Å². The summed E-state index contributed by atoms with van der Waals surface area (Å²) in [6.07, 6.45) is 4.47. The molecule has 1 rings (SSSR count). The second kappa shape index (κ2) is 6.01. The first-order chi connectivity index (χ1) is 7.47. The molecule has 1 aliphatic rings. The Morgan fingerprint density at radius 3 is 2.56 bits per heavy atom. The van der Waals surface area contributed by atoms with Crippen LogP contribution < -0.4 is 5.32 Å². The molecule has 0 aromatic rings. The molecule has 0 spiro atoms. The van der Waals surface area contributed by atoms with Crippen molar-refractivity contribution in [1.29, 1.82) is 0 Å². The molecular weight excluding hydrogens is 222 g/mol. The molecule has 1 N–H and O–H groups in total. The highest BCUT2D eigenvalue weighted by molar-refractivity contribution is 7.91. The third-order valence-electron chi connectivity index (χ3n) is 3.62. The summed E-state index contributed by atoms with van der Waals surface area (Å²) in [4.78, 5) is 0. The van der Waals surface area contributed by atoms with Crippen LogP contribution >= 0.6 is 0 Å². The van der Waals surface area contributed by atoms with Crippen molar-refractivity contribution < 1.29 is 8.42 Å². The van der Waals surface area contributed by atoms with Gasteiger partial charge in [-0.1, -0.05) is 13.3 Å². The summed E-state index contributed by atoms with van der Waals surface area (Å²) in [6.45, 7) is 6.63. The Morgan fingerprint density at radius 1 is 1.31 bits per heavy atom. The first kappa shape index (κ1) is 14.0. The maximum Gasteiger partial charge on any atom is 0.152 e. The molecule has 1 fully saturated rings. The first-order valence-electron chi connectivity index (χ1n) is 6.42. The van der Waals surface area contributed by atoms with Gasteiger partial charge in [0.25, 0.3) is 0 Å². The van der Waals surface area contributed by atoms with Crippen LogP contribution in [0.25, 0.3) is 0 Å². The fourth-order valence-corrected chi connectivity index (χ4v) is 3.57. The summed E-state index contributed by atoms with van der Waals surface area (Å²) in [6, 6.07) is 0.548. The zero-order valence-electron chi connectivity index (χ0n) is 10.7. The Bertz CT molecular complexity index is 298. The second-order valence-corrected chi connectivity index (χ2v) is 7.74. The maximum atomic E-state index is 11.7. The van der Waals surface area contributed by atoms with E-state index >= 15 is 0 Å². The smallest absolute Gasteiger partial charge is 0.152 e. The van der Waals surface area contributed by atoms with Crippen LogP contribution in [0.1, 0.15) is 46.5 Å². The molecule has 1 saturated carbocycles. The van der Waals surface area contributed by atoms with Gasteiger partial charge < -0.3 is 5.32 Å². The van der Waals surface area contributed by atoms with Crippen LogP contribution in [0.3, 0.4) is 0 Å². The number of hydrogen-bond donors (Lipinski definition) is 1. The van der Waals surface area contributed by atoms with Crippen LogP contribution in [-0.4, -0.2) is 32.0 Å². The SMILES string of the molecule is CCNC1CCCC1CCS(=O)(=O)C(C)C. The number of sulfone groups is 1. The normalized spacial score (nSPS) is 26.5. The lowest BCUT2D eigenvalue weighted by atomic mass is 10.0. The van der Waals surface area contributed by atoms with E-state index in [1.54, 1.807) is 13.8 Å². The molecule has 0 aromatic carbocycles. The Labute approximate surface area is 99.9 Å². The molecule has 0 radical (unpaired) electrons. The molecule has 1 aliphatic carbocycles. The van der Waals surface area contributed by atoms with E-state index in [-0.39, 0.29) is 5.25 Å². The number of hydrogen-bond acceptors (Lipinski definition) is 3. The van der Waals surface area contributed by atoms with E-state index < -0.39 is 9.84 Å². The lowest BCUT2D eigenvalue weighted by molar-refractivity contribution is 0.398. The lowest BCUT2D eigenvalue weighted by Crippen LogP contribution is -2.33. The van der Waals surface area contributed by atoms with E-state index in [0.29, 0.717) is 17.7 Å². The van der Waals surface area contributed by atoms with Gasteiger partial charge in [0.15, 0.2) is 9.84 Å². The summed E-state index contributed by atoms with van der Waals surface area (Å²) in [5, 5.41) is 3.24. The summed E-state index contributed by atoms with van der Waals surface area (Å²) < 4.78 is 23.5. The molecule has 0 amide bonds. The van der Waals surface area contributed by atoms with Crippen molar-refractivity contribution in [3.63, 3.8) is 0 Å². The van der Waals surface area contributed by atoms with Crippen molar-refractivity contribution in [2.24, 2.45) is 5.92 Å². The van der Waals surface area contributed by atoms with Crippen LogP contribution in [-0.2, 0) is 9.84 Å². The van der Waals surface area contributed by atoms with Gasteiger partial charge in [-0.3, -0.25) is 0 Å². The van der Waals surface area contributed by atoms with Crippen LogP contribution in [0.15, 0.2) is 0 Å². The number of rotatable bonds is 6. The highest BCUT2D eigenvalue weighted by Gasteiger charge is 2.28. The zero-order chi connectivity index (χ0) is 12.2. The van der Waals surface area contributed by atoms with E-state index in [1.807, 2.05) is 0 Å². The van der Waals surface area contributed by atoms with Gasteiger partial charge in [0.1, 0.15) is 0 Å². The van der Waals surface area contributed by atoms with Crippen LogP contribution in [0.2, 0.25) is 0 Å². The van der Waals surface area contributed by atoms with Crippen molar-refractivity contribution >= 4 is 9.84 Å². The largest absolute Gasteiger partial charge is 0.314 e. The van der Waals surface area contributed by atoms with E-state index in [9.17, 15) is 8.42 Å². The van der Waals surface area contributed by atoms with Crippen molar-refractivity contribution in [2.45, 2.75) is 57.7 Å². The van der Waals surface area contributed by atoms with Crippen molar-refractivity contribution in [3.05, 3.63) is 0 Å². The van der Waals surface area contributed by atoms with Crippen LogP contribution in [0.4, 0.5) is 0 Å². The van der Waals surface area contributed by atoms with E-state index in [4.69, 9.17) is 0 Å². The van der Waals surface area contributed by atoms with Gasteiger partial charge in [0.05, 0.1) is 11.0 Å². The minimum absolute atomic E-state index is 0.230. The maximum absolute atomic E-state index is 11.7. The number of nitrogens with one attached hydrogen (secondary N) is 1. The Balaban J connectivity index is 2.43. The molecule has 0 heterocycles. The van der Waals surface area contributed by atoms with E-state index in [2.05, 4.69) is 12.2 Å². The van der Waals surface area contributed by atoms with Crippen LogP contribution in [0, 0.1) is 5.92 Å². The van der Waals surface area contributed by atoms with E-state index in [1.165, 1.54) is 19.3 Å². The monoisotopic (exact) mass is 247 g/mol. The summed E-state index contributed by atoms with van der Waals surface area (Å²) in [5.74, 6) is 0.922. The van der Waals surface area contributed by atoms with Gasteiger partial charge in [-0.2, -0.15) is 0 Å². The van der Waals surface area contributed by atoms with Gasteiger partial charge >= 0.3 is 0 Å². The molecule has 0 saturated heterocycles. The first-order valence-corrected chi connectivity index (χ1v) is 8.14. The molecule has 96 valence electrons. The molecule has 16 heavy (non-hydrogen) atoms. The van der Waals surface area contributed by atoms with Gasteiger partial charge in [0.2, 0.25) is 0 Å². The Hall–Kier alpha value is -0.0900. The Kier molecular flexibility index (Phi) is 5.25. The molecule has 3 nitrogen and oxygen atoms in total. The standard InChI is InChI=1S/C12H25NO2S/c1-4-13-12-7-5-6-11(12)8-9-16(14,15)10(2)3/h10-13H,4-9H2,1-3H3. The van der Waals surface area contributed by atoms with E-state index in [0.717, 1.165) is 13.0 Å². The molecule has 2 atom stereocenters. The molecule has 0 aliphatic heterocycles. The summed E-state index contributed by atoms with van der Waals surface area (Å²) >= 11 is 0. The Morgan fingerprint density at radius 2 is 2.00 bits per heavy atom. The predicted octanol–water partition coefficient (Wildman–Crippen LogP) is 1.98. The zero-order valence-corrected chi connectivity index (χ0v) is 11.5. The third-order valence-corrected chi connectivity index (χ3v) is 5.86. The molecule has 4 heteroatoms.